The van der Waals surface area contributed by atoms with Gasteiger partial charge in [0.15, 0.2) is 0 Å². The standard InChI is InChI=1S/C14H21BrN2/c1-2-11-3-5-17(6-4-11)14-8-12(10-16)7-13(15)9-14/h7-9,11H,2-6,10,16H2,1H3. The molecule has 1 saturated heterocycles. The molecule has 3 heteroatoms. The van der Waals surface area contributed by atoms with Crippen LogP contribution in [0.3, 0.4) is 0 Å². The summed E-state index contributed by atoms with van der Waals surface area (Å²) in [6.45, 7) is 5.27. The molecular weight excluding hydrogens is 276 g/mol. The zero-order valence-electron chi connectivity index (χ0n) is 10.5. The molecule has 1 aliphatic rings. The van der Waals surface area contributed by atoms with Gasteiger partial charge in [0.1, 0.15) is 0 Å². The van der Waals surface area contributed by atoms with E-state index < -0.39 is 0 Å². The third-order valence-electron chi connectivity index (χ3n) is 3.74. The molecule has 0 aliphatic carbocycles. The topological polar surface area (TPSA) is 29.3 Å². The Labute approximate surface area is 112 Å². The maximum absolute atomic E-state index is 5.72. The molecule has 0 radical (unpaired) electrons. The molecule has 0 amide bonds. The summed E-state index contributed by atoms with van der Waals surface area (Å²) in [4.78, 5) is 2.48. The Morgan fingerprint density at radius 2 is 2.00 bits per heavy atom. The van der Waals surface area contributed by atoms with E-state index in [-0.39, 0.29) is 0 Å². The highest BCUT2D eigenvalue weighted by Crippen LogP contribution is 2.28. The van der Waals surface area contributed by atoms with Gasteiger partial charge in [-0.1, -0.05) is 29.3 Å². The maximum atomic E-state index is 5.72. The summed E-state index contributed by atoms with van der Waals surface area (Å²) in [7, 11) is 0. The van der Waals surface area contributed by atoms with Gasteiger partial charge in [0, 0.05) is 29.8 Å². The molecule has 0 unspecified atom stereocenters. The first-order valence-corrected chi connectivity index (χ1v) is 7.26. The van der Waals surface area contributed by atoms with E-state index in [0.717, 1.165) is 10.4 Å². The molecule has 1 aromatic carbocycles. The van der Waals surface area contributed by atoms with Crippen molar-refractivity contribution in [2.24, 2.45) is 11.7 Å². The fourth-order valence-corrected chi connectivity index (χ4v) is 3.06. The smallest absolute Gasteiger partial charge is 0.0380 e. The number of hydrogen-bond acceptors (Lipinski definition) is 2. The molecule has 1 fully saturated rings. The largest absolute Gasteiger partial charge is 0.371 e. The highest BCUT2D eigenvalue weighted by Gasteiger charge is 2.18. The Balaban J connectivity index is 2.10. The van der Waals surface area contributed by atoms with Crippen LogP contribution in [-0.4, -0.2) is 13.1 Å². The second-order valence-corrected chi connectivity index (χ2v) is 5.78. The molecule has 0 bridgehead atoms. The molecule has 0 saturated carbocycles. The third kappa shape index (κ3) is 3.23. The summed E-state index contributed by atoms with van der Waals surface area (Å²) < 4.78 is 1.13. The van der Waals surface area contributed by atoms with Gasteiger partial charge in [-0.15, -0.1) is 0 Å². The lowest BCUT2D eigenvalue weighted by molar-refractivity contribution is 0.395. The summed E-state index contributed by atoms with van der Waals surface area (Å²) >= 11 is 3.56. The zero-order valence-corrected chi connectivity index (χ0v) is 12.0. The molecule has 0 aromatic heterocycles. The monoisotopic (exact) mass is 296 g/mol. The number of piperidine rings is 1. The van der Waals surface area contributed by atoms with Crippen LogP contribution in [-0.2, 0) is 6.54 Å². The van der Waals surface area contributed by atoms with E-state index in [0.29, 0.717) is 6.54 Å². The lowest BCUT2D eigenvalue weighted by Gasteiger charge is -2.33. The molecule has 0 spiro atoms. The van der Waals surface area contributed by atoms with Gasteiger partial charge in [0.2, 0.25) is 0 Å². The Kier molecular flexibility index (Phi) is 4.46. The number of anilines is 1. The van der Waals surface area contributed by atoms with Crippen molar-refractivity contribution in [2.45, 2.75) is 32.7 Å². The predicted octanol–water partition coefficient (Wildman–Crippen LogP) is 3.53. The third-order valence-corrected chi connectivity index (χ3v) is 4.19. The van der Waals surface area contributed by atoms with Crippen molar-refractivity contribution in [1.29, 1.82) is 0 Å². The SMILES string of the molecule is CCC1CCN(c2cc(Br)cc(CN)c2)CC1. The van der Waals surface area contributed by atoms with Crippen LogP contribution in [0.2, 0.25) is 0 Å². The van der Waals surface area contributed by atoms with Gasteiger partial charge >= 0.3 is 0 Å². The molecule has 1 aromatic rings. The molecule has 0 atom stereocenters. The Hall–Kier alpha value is -0.540. The number of halogens is 1. The van der Waals surface area contributed by atoms with Crippen LogP contribution in [0.5, 0.6) is 0 Å². The molecular formula is C14H21BrN2. The van der Waals surface area contributed by atoms with Gasteiger partial charge in [-0.2, -0.15) is 0 Å². The Morgan fingerprint density at radius 3 is 2.59 bits per heavy atom. The minimum absolute atomic E-state index is 0.609. The first kappa shape index (κ1) is 12.9. The summed E-state index contributed by atoms with van der Waals surface area (Å²) in [5.41, 5.74) is 8.24. The van der Waals surface area contributed by atoms with E-state index >= 15 is 0 Å². The number of nitrogens with two attached hydrogens (primary N) is 1. The highest BCUT2D eigenvalue weighted by molar-refractivity contribution is 9.10. The van der Waals surface area contributed by atoms with Crippen molar-refractivity contribution in [3.05, 3.63) is 28.2 Å². The summed E-state index contributed by atoms with van der Waals surface area (Å²) in [5.74, 6) is 0.924. The Bertz CT molecular complexity index is 370. The van der Waals surface area contributed by atoms with E-state index in [1.807, 2.05) is 0 Å². The molecule has 2 rings (SSSR count). The van der Waals surface area contributed by atoms with Crippen molar-refractivity contribution in [2.75, 3.05) is 18.0 Å². The van der Waals surface area contributed by atoms with Gasteiger partial charge in [0.25, 0.3) is 0 Å². The number of nitrogens with zero attached hydrogens (tertiary/aromatic N) is 1. The van der Waals surface area contributed by atoms with E-state index in [2.05, 4.69) is 46.0 Å². The van der Waals surface area contributed by atoms with E-state index in [1.165, 1.54) is 43.6 Å². The van der Waals surface area contributed by atoms with E-state index in [4.69, 9.17) is 5.73 Å². The van der Waals surface area contributed by atoms with Crippen molar-refractivity contribution >= 4 is 21.6 Å². The predicted molar refractivity (Wildman–Crippen MR) is 77.3 cm³/mol. The minimum atomic E-state index is 0.609. The van der Waals surface area contributed by atoms with Crippen LogP contribution in [0.25, 0.3) is 0 Å². The van der Waals surface area contributed by atoms with Gasteiger partial charge in [-0.3, -0.25) is 0 Å². The second kappa shape index (κ2) is 5.87. The fraction of sp³-hybridized carbons (Fsp3) is 0.571. The average molecular weight is 297 g/mol. The minimum Gasteiger partial charge on any atom is -0.371 e. The first-order valence-electron chi connectivity index (χ1n) is 6.47. The average Bonchev–Trinajstić information content (AvgIpc) is 2.38. The number of rotatable bonds is 3. The molecule has 1 heterocycles. The molecule has 17 heavy (non-hydrogen) atoms. The van der Waals surface area contributed by atoms with Crippen molar-refractivity contribution in [3.63, 3.8) is 0 Å². The zero-order chi connectivity index (χ0) is 12.3. The summed E-state index contributed by atoms with van der Waals surface area (Å²) in [6.07, 6.45) is 3.96. The second-order valence-electron chi connectivity index (χ2n) is 4.86. The lowest BCUT2D eigenvalue weighted by Crippen LogP contribution is -2.33. The number of benzene rings is 1. The molecule has 2 nitrogen and oxygen atoms in total. The quantitative estimate of drug-likeness (QED) is 0.924. The van der Waals surface area contributed by atoms with Crippen LogP contribution in [0.1, 0.15) is 31.7 Å². The van der Waals surface area contributed by atoms with Gasteiger partial charge in [-0.05, 0) is 42.5 Å². The van der Waals surface area contributed by atoms with Crippen LogP contribution in [0.4, 0.5) is 5.69 Å². The highest BCUT2D eigenvalue weighted by atomic mass is 79.9. The van der Waals surface area contributed by atoms with Crippen molar-refractivity contribution in [3.8, 4) is 0 Å². The van der Waals surface area contributed by atoms with E-state index in [9.17, 15) is 0 Å². The molecule has 2 N–H and O–H groups in total. The summed E-state index contributed by atoms with van der Waals surface area (Å²) in [5, 5.41) is 0. The summed E-state index contributed by atoms with van der Waals surface area (Å²) in [6, 6.07) is 6.52. The molecule has 94 valence electrons. The van der Waals surface area contributed by atoms with Crippen molar-refractivity contribution in [1.82, 2.24) is 0 Å². The number of hydrogen-bond donors (Lipinski definition) is 1. The van der Waals surface area contributed by atoms with Crippen LogP contribution in [0.15, 0.2) is 22.7 Å². The van der Waals surface area contributed by atoms with Crippen molar-refractivity contribution < 1.29 is 0 Å². The fourth-order valence-electron chi connectivity index (χ4n) is 2.53. The maximum Gasteiger partial charge on any atom is 0.0380 e. The lowest BCUT2D eigenvalue weighted by atomic mass is 9.94. The van der Waals surface area contributed by atoms with E-state index in [1.54, 1.807) is 0 Å². The first-order chi connectivity index (χ1) is 8.22. The van der Waals surface area contributed by atoms with Crippen LogP contribution >= 0.6 is 15.9 Å². The van der Waals surface area contributed by atoms with Gasteiger partial charge in [-0.25, -0.2) is 0 Å². The Morgan fingerprint density at radius 1 is 1.29 bits per heavy atom. The van der Waals surface area contributed by atoms with Gasteiger partial charge in [0.05, 0.1) is 0 Å². The van der Waals surface area contributed by atoms with Gasteiger partial charge < -0.3 is 10.6 Å². The normalized spacial score (nSPS) is 17.5. The van der Waals surface area contributed by atoms with Crippen LogP contribution < -0.4 is 10.6 Å². The molecule has 1 aliphatic heterocycles. The van der Waals surface area contributed by atoms with Crippen LogP contribution in [0, 0.1) is 5.92 Å².